The molecular weight excluding hydrogens is 334 g/mol. The summed E-state index contributed by atoms with van der Waals surface area (Å²) in [5.74, 6) is 2.01. The lowest BCUT2D eigenvalue weighted by Crippen LogP contribution is -2.30. The minimum absolute atomic E-state index is 0.0382. The van der Waals surface area contributed by atoms with Crippen molar-refractivity contribution in [3.63, 3.8) is 0 Å². The molecule has 1 aliphatic heterocycles. The molecule has 0 saturated heterocycles. The molecule has 7 heteroatoms. The molecule has 0 bridgehead atoms. The standard InChI is InChI=1S/C18H27N5OS/c1-4-13(2)18(24)19-11-17-21-20-16-7-8-22(9-10-23(16)17)12-15-6-5-14(3)25-15/h5-6,13H,4,7-12H2,1-3H3,(H,19,24). The molecule has 2 aromatic rings. The number of aromatic nitrogens is 3. The molecule has 1 aliphatic rings. The zero-order valence-corrected chi connectivity index (χ0v) is 16.1. The number of amides is 1. The van der Waals surface area contributed by atoms with E-state index in [9.17, 15) is 4.79 Å². The van der Waals surface area contributed by atoms with Crippen LogP contribution < -0.4 is 5.32 Å². The SMILES string of the molecule is CCC(C)C(=O)NCc1nnc2n1CCN(Cc1ccc(C)s1)CC2. The van der Waals surface area contributed by atoms with Crippen LogP contribution in [0.4, 0.5) is 0 Å². The molecule has 0 fully saturated rings. The molecule has 1 amide bonds. The highest BCUT2D eigenvalue weighted by atomic mass is 32.1. The van der Waals surface area contributed by atoms with Crippen molar-refractivity contribution in [1.82, 2.24) is 25.0 Å². The molecule has 25 heavy (non-hydrogen) atoms. The highest BCUT2D eigenvalue weighted by molar-refractivity contribution is 7.11. The number of carbonyl (C=O) groups is 1. The number of thiophene rings is 1. The Morgan fingerprint density at radius 2 is 2.16 bits per heavy atom. The Balaban J connectivity index is 1.59. The van der Waals surface area contributed by atoms with E-state index in [1.54, 1.807) is 0 Å². The van der Waals surface area contributed by atoms with Gasteiger partial charge in [0.1, 0.15) is 5.82 Å². The lowest BCUT2D eigenvalue weighted by atomic mass is 10.1. The van der Waals surface area contributed by atoms with Gasteiger partial charge in [0, 0.05) is 48.3 Å². The lowest BCUT2D eigenvalue weighted by molar-refractivity contribution is -0.124. The fraction of sp³-hybridized carbons (Fsp3) is 0.611. The molecule has 0 aliphatic carbocycles. The third-order valence-electron chi connectivity index (χ3n) is 4.85. The predicted molar refractivity (Wildman–Crippen MR) is 99.4 cm³/mol. The van der Waals surface area contributed by atoms with Crippen molar-refractivity contribution in [3.8, 4) is 0 Å². The minimum Gasteiger partial charge on any atom is -0.349 e. The third-order valence-corrected chi connectivity index (χ3v) is 5.84. The summed E-state index contributed by atoms with van der Waals surface area (Å²) >= 11 is 1.87. The first kappa shape index (κ1) is 18.1. The van der Waals surface area contributed by atoms with Crippen LogP contribution in [-0.2, 0) is 30.8 Å². The average Bonchev–Trinajstić information content (AvgIpc) is 3.14. The van der Waals surface area contributed by atoms with E-state index in [1.165, 1.54) is 9.75 Å². The van der Waals surface area contributed by atoms with Crippen molar-refractivity contribution >= 4 is 17.2 Å². The molecule has 1 atom stereocenters. The van der Waals surface area contributed by atoms with Crippen LogP contribution >= 0.6 is 11.3 Å². The van der Waals surface area contributed by atoms with Gasteiger partial charge in [-0.25, -0.2) is 0 Å². The molecule has 3 rings (SSSR count). The average molecular weight is 362 g/mol. The van der Waals surface area contributed by atoms with Gasteiger partial charge in [-0.15, -0.1) is 21.5 Å². The van der Waals surface area contributed by atoms with Crippen molar-refractivity contribution in [1.29, 1.82) is 0 Å². The Bertz CT molecular complexity index is 723. The van der Waals surface area contributed by atoms with E-state index in [2.05, 4.69) is 44.0 Å². The first-order valence-corrected chi connectivity index (χ1v) is 9.84. The summed E-state index contributed by atoms with van der Waals surface area (Å²) in [5.41, 5.74) is 0. The molecule has 0 saturated carbocycles. The molecule has 0 aromatic carbocycles. The second-order valence-corrected chi connectivity index (χ2v) is 8.12. The maximum atomic E-state index is 12.0. The number of fused-ring (bicyclic) bond motifs is 1. The fourth-order valence-corrected chi connectivity index (χ4v) is 3.96. The van der Waals surface area contributed by atoms with Crippen LogP contribution in [0.15, 0.2) is 12.1 Å². The topological polar surface area (TPSA) is 63.1 Å². The minimum atomic E-state index is 0.0382. The Labute approximate surface area is 153 Å². The molecule has 0 radical (unpaired) electrons. The van der Waals surface area contributed by atoms with Gasteiger partial charge in [0.2, 0.25) is 5.91 Å². The van der Waals surface area contributed by atoms with Crippen LogP contribution in [0.2, 0.25) is 0 Å². The highest BCUT2D eigenvalue weighted by Crippen LogP contribution is 2.19. The second kappa shape index (κ2) is 8.10. The van der Waals surface area contributed by atoms with Crippen molar-refractivity contribution < 1.29 is 4.79 Å². The number of aryl methyl sites for hydroxylation is 1. The van der Waals surface area contributed by atoms with Crippen LogP contribution in [0.25, 0.3) is 0 Å². The van der Waals surface area contributed by atoms with Crippen LogP contribution in [-0.4, -0.2) is 38.7 Å². The van der Waals surface area contributed by atoms with Gasteiger partial charge in [0.25, 0.3) is 0 Å². The summed E-state index contributed by atoms with van der Waals surface area (Å²) in [6.45, 7) is 10.4. The van der Waals surface area contributed by atoms with Crippen molar-refractivity contribution in [2.45, 2.75) is 53.2 Å². The van der Waals surface area contributed by atoms with E-state index in [-0.39, 0.29) is 11.8 Å². The summed E-state index contributed by atoms with van der Waals surface area (Å²) in [4.78, 5) is 17.2. The van der Waals surface area contributed by atoms with Crippen LogP contribution in [0.5, 0.6) is 0 Å². The first-order valence-electron chi connectivity index (χ1n) is 9.03. The Morgan fingerprint density at radius 3 is 2.88 bits per heavy atom. The summed E-state index contributed by atoms with van der Waals surface area (Å²) in [7, 11) is 0. The van der Waals surface area contributed by atoms with Gasteiger partial charge < -0.3 is 9.88 Å². The maximum Gasteiger partial charge on any atom is 0.223 e. The van der Waals surface area contributed by atoms with Gasteiger partial charge in [0.05, 0.1) is 6.54 Å². The smallest absolute Gasteiger partial charge is 0.223 e. The van der Waals surface area contributed by atoms with E-state index in [0.29, 0.717) is 6.54 Å². The van der Waals surface area contributed by atoms with Gasteiger partial charge >= 0.3 is 0 Å². The van der Waals surface area contributed by atoms with E-state index < -0.39 is 0 Å². The molecule has 1 N–H and O–H groups in total. The number of rotatable bonds is 6. The molecular formula is C18H27N5OS. The quantitative estimate of drug-likeness (QED) is 0.858. The highest BCUT2D eigenvalue weighted by Gasteiger charge is 2.20. The maximum absolute atomic E-state index is 12.0. The number of nitrogens with zero attached hydrogens (tertiary/aromatic N) is 4. The number of nitrogens with one attached hydrogen (secondary N) is 1. The molecule has 1 unspecified atom stereocenters. The molecule has 136 valence electrons. The molecule has 0 spiro atoms. The van der Waals surface area contributed by atoms with Crippen LogP contribution in [0.1, 0.15) is 41.7 Å². The fourth-order valence-electron chi connectivity index (χ4n) is 3.03. The molecule has 2 aromatic heterocycles. The monoisotopic (exact) mass is 361 g/mol. The second-order valence-electron chi connectivity index (χ2n) is 6.75. The lowest BCUT2D eigenvalue weighted by Gasteiger charge is -2.18. The van der Waals surface area contributed by atoms with Crippen molar-refractivity contribution in [2.75, 3.05) is 13.1 Å². The van der Waals surface area contributed by atoms with E-state index >= 15 is 0 Å². The van der Waals surface area contributed by atoms with E-state index in [4.69, 9.17) is 0 Å². The van der Waals surface area contributed by atoms with Gasteiger partial charge in [-0.3, -0.25) is 9.69 Å². The summed E-state index contributed by atoms with van der Waals surface area (Å²) in [6, 6.07) is 4.41. The van der Waals surface area contributed by atoms with Gasteiger partial charge in [-0.05, 0) is 25.5 Å². The van der Waals surface area contributed by atoms with Gasteiger partial charge in [-0.2, -0.15) is 0 Å². The largest absolute Gasteiger partial charge is 0.349 e. The zero-order valence-electron chi connectivity index (χ0n) is 15.3. The predicted octanol–water partition coefficient (Wildman–Crippen LogP) is 2.37. The van der Waals surface area contributed by atoms with Crippen molar-refractivity contribution in [2.24, 2.45) is 5.92 Å². The Morgan fingerprint density at radius 1 is 1.32 bits per heavy atom. The van der Waals surface area contributed by atoms with Gasteiger partial charge in [0.15, 0.2) is 5.82 Å². The first-order chi connectivity index (χ1) is 12.1. The number of hydrogen-bond acceptors (Lipinski definition) is 5. The third kappa shape index (κ3) is 4.46. The molecule has 6 nitrogen and oxygen atoms in total. The van der Waals surface area contributed by atoms with Crippen LogP contribution in [0, 0.1) is 12.8 Å². The Kier molecular flexibility index (Phi) is 5.86. The van der Waals surface area contributed by atoms with Crippen molar-refractivity contribution in [3.05, 3.63) is 33.5 Å². The zero-order chi connectivity index (χ0) is 17.8. The number of hydrogen-bond donors (Lipinski definition) is 1. The van der Waals surface area contributed by atoms with E-state index in [1.807, 2.05) is 25.2 Å². The van der Waals surface area contributed by atoms with Gasteiger partial charge in [-0.1, -0.05) is 13.8 Å². The summed E-state index contributed by atoms with van der Waals surface area (Å²) in [5, 5.41) is 11.6. The molecule has 3 heterocycles. The summed E-state index contributed by atoms with van der Waals surface area (Å²) in [6.07, 6.45) is 1.75. The number of carbonyl (C=O) groups excluding carboxylic acids is 1. The summed E-state index contributed by atoms with van der Waals surface area (Å²) < 4.78 is 2.18. The van der Waals surface area contributed by atoms with Crippen LogP contribution in [0.3, 0.4) is 0 Å². The Hall–Kier alpha value is -1.73. The van der Waals surface area contributed by atoms with E-state index in [0.717, 1.165) is 50.7 Å². The normalized spacial score (nSPS) is 16.3.